The Labute approximate surface area is 168 Å². The zero-order valence-electron chi connectivity index (χ0n) is 17.5. The van der Waals surface area contributed by atoms with Crippen molar-refractivity contribution in [1.82, 2.24) is 4.90 Å². The molecular weight excluding hydrogens is 350 g/mol. The second-order valence-electron chi connectivity index (χ2n) is 9.37. The second-order valence-corrected chi connectivity index (χ2v) is 9.37. The Morgan fingerprint density at radius 3 is 2.32 bits per heavy atom. The molecule has 3 fully saturated rings. The lowest BCUT2D eigenvalue weighted by atomic mass is 9.74. The molecule has 1 amide bonds. The maximum absolute atomic E-state index is 13.0. The standard InChI is InChI=1S/C23H35N3O2/c1-13-6-4-5-7-20(24)21(25)22(13)26(14(2)27)23-17-8-15-9-18(23)12-19(28-3)11-16(15)10-17/h4,6,15-19,23H,5,7-12,24-25H2,1-3H3/b6-4+,21-20?,22-13?/t15?,16-,17?,18?,19?,23?/m0/s1. The molecule has 4 aliphatic rings. The fourth-order valence-electron chi connectivity index (χ4n) is 6.56. The van der Waals surface area contributed by atoms with E-state index in [4.69, 9.17) is 16.2 Å². The van der Waals surface area contributed by atoms with E-state index in [1.807, 2.05) is 12.0 Å². The first-order valence-corrected chi connectivity index (χ1v) is 10.8. The van der Waals surface area contributed by atoms with Gasteiger partial charge < -0.3 is 21.1 Å². The fraction of sp³-hybridized carbons (Fsp3) is 0.696. The summed E-state index contributed by atoms with van der Waals surface area (Å²) < 4.78 is 5.82. The molecule has 0 saturated heterocycles. The van der Waals surface area contributed by atoms with E-state index in [2.05, 4.69) is 19.1 Å². The van der Waals surface area contributed by atoms with Crippen LogP contribution in [0.2, 0.25) is 0 Å². The van der Waals surface area contributed by atoms with Crippen LogP contribution >= 0.6 is 0 Å². The predicted molar refractivity (Wildman–Crippen MR) is 111 cm³/mol. The summed E-state index contributed by atoms with van der Waals surface area (Å²) in [4.78, 5) is 15.1. The van der Waals surface area contributed by atoms with Crippen molar-refractivity contribution in [3.8, 4) is 0 Å². The first-order chi connectivity index (χ1) is 13.4. The van der Waals surface area contributed by atoms with Crippen LogP contribution in [-0.4, -0.2) is 30.1 Å². The predicted octanol–water partition coefficient (Wildman–Crippen LogP) is 3.43. The van der Waals surface area contributed by atoms with Gasteiger partial charge in [0.15, 0.2) is 0 Å². The first kappa shape index (κ1) is 19.6. The van der Waals surface area contributed by atoms with Crippen molar-refractivity contribution in [3.63, 3.8) is 0 Å². The van der Waals surface area contributed by atoms with Gasteiger partial charge in [-0.1, -0.05) is 12.2 Å². The molecule has 0 aliphatic heterocycles. The lowest BCUT2D eigenvalue weighted by Crippen LogP contribution is -2.50. The van der Waals surface area contributed by atoms with E-state index in [-0.39, 0.29) is 11.9 Å². The van der Waals surface area contributed by atoms with Gasteiger partial charge in [0.2, 0.25) is 5.91 Å². The zero-order valence-corrected chi connectivity index (χ0v) is 17.5. The van der Waals surface area contributed by atoms with Gasteiger partial charge in [-0.25, -0.2) is 0 Å². The molecule has 4 aliphatic carbocycles. The van der Waals surface area contributed by atoms with E-state index >= 15 is 0 Å². The van der Waals surface area contributed by atoms with Gasteiger partial charge >= 0.3 is 0 Å². The Hall–Kier alpha value is -1.75. The van der Waals surface area contributed by atoms with Gasteiger partial charge in [0, 0.05) is 25.8 Å². The molecule has 154 valence electrons. The number of methoxy groups -OCH3 is 1. The van der Waals surface area contributed by atoms with Crippen molar-refractivity contribution in [2.45, 2.75) is 70.9 Å². The van der Waals surface area contributed by atoms with E-state index < -0.39 is 0 Å². The summed E-state index contributed by atoms with van der Waals surface area (Å²) in [5, 5.41) is 0. The average Bonchev–Trinajstić information content (AvgIpc) is 2.90. The molecule has 0 aromatic rings. The molecular formula is C23H35N3O2. The zero-order chi connectivity index (χ0) is 20.0. The molecule has 6 atom stereocenters. The molecule has 0 aromatic carbocycles. The van der Waals surface area contributed by atoms with Crippen LogP contribution in [0.3, 0.4) is 0 Å². The number of amides is 1. The molecule has 3 saturated carbocycles. The quantitative estimate of drug-likeness (QED) is 0.780. The summed E-state index contributed by atoms with van der Waals surface area (Å²) in [5.74, 6) is 2.63. The number of allylic oxidation sites excluding steroid dienone is 4. The minimum Gasteiger partial charge on any atom is -0.400 e. The number of carbonyl (C=O) groups excluding carboxylic acids is 1. The SMILES string of the molecule is COC1CC2CC3CC(C[C@H]3C1)C2N(C(C)=O)C1=C(C)/C=C/CCC(N)=C1N. The number of hydrogen-bond acceptors (Lipinski definition) is 4. The third-order valence-electron chi connectivity index (χ3n) is 7.71. The lowest BCUT2D eigenvalue weighted by molar-refractivity contribution is -0.132. The largest absolute Gasteiger partial charge is 0.400 e. The normalized spacial score (nSPS) is 38.8. The van der Waals surface area contributed by atoms with Gasteiger partial charge in [-0.3, -0.25) is 4.79 Å². The van der Waals surface area contributed by atoms with Gasteiger partial charge in [-0.2, -0.15) is 0 Å². The van der Waals surface area contributed by atoms with Crippen LogP contribution in [0.4, 0.5) is 0 Å². The number of nitrogens with two attached hydrogens (primary N) is 2. The Kier molecular flexibility index (Phi) is 5.30. The van der Waals surface area contributed by atoms with Gasteiger partial charge in [-0.05, 0) is 81.1 Å². The van der Waals surface area contributed by atoms with Crippen molar-refractivity contribution >= 4 is 5.91 Å². The molecule has 5 nitrogen and oxygen atoms in total. The maximum Gasteiger partial charge on any atom is 0.224 e. The van der Waals surface area contributed by atoms with Crippen LogP contribution in [0.15, 0.2) is 34.8 Å². The lowest BCUT2D eigenvalue weighted by Gasteiger charge is -2.45. The molecule has 4 N–H and O–H groups in total. The number of rotatable bonds is 3. The van der Waals surface area contributed by atoms with E-state index in [9.17, 15) is 4.79 Å². The van der Waals surface area contributed by atoms with E-state index in [0.29, 0.717) is 29.3 Å². The minimum absolute atomic E-state index is 0.0745. The topological polar surface area (TPSA) is 81.6 Å². The maximum atomic E-state index is 13.0. The summed E-state index contributed by atoms with van der Waals surface area (Å²) in [6.07, 6.45) is 12.0. The monoisotopic (exact) mass is 385 g/mol. The second kappa shape index (κ2) is 7.58. The number of ether oxygens (including phenoxy) is 1. The number of carbonyl (C=O) groups is 1. The Balaban J connectivity index is 1.78. The Bertz CT molecular complexity index is 738. The number of fused-ring (bicyclic) bond motifs is 2. The minimum atomic E-state index is 0.0745. The summed E-state index contributed by atoms with van der Waals surface area (Å²) >= 11 is 0. The number of nitrogens with zero attached hydrogens (tertiary/aromatic N) is 1. The third kappa shape index (κ3) is 3.28. The van der Waals surface area contributed by atoms with E-state index in [1.165, 1.54) is 25.7 Å². The summed E-state index contributed by atoms with van der Waals surface area (Å²) in [7, 11) is 1.83. The van der Waals surface area contributed by atoms with Gasteiger partial charge in [0.25, 0.3) is 0 Å². The highest BCUT2D eigenvalue weighted by Gasteiger charge is 2.53. The Morgan fingerprint density at radius 2 is 1.68 bits per heavy atom. The third-order valence-corrected chi connectivity index (χ3v) is 7.71. The van der Waals surface area contributed by atoms with Crippen LogP contribution in [0.25, 0.3) is 0 Å². The van der Waals surface area contributed by atoms with Crippen molar-refractivity contribution in [2.24, 2.45) is 35.1 Å². The van der Waals surface area contributed by atoms with Crippen molar-refractivity contribution < 1.29 is 9.53 Å². The van der Waals surface area contributed by atoms with Gasteiger partial charge in [0.05, 0.1) is 17.5 Å². The summed E-state index contributed by atoms with van der Waals surface area (Å²) in [6, 6.07) is 0.195. The molecule has 5 heteroatoms. The molecule has 5 unspecified atom stereocenters. The highest BCUT2D eigenvalue weighted by atomic mass is 16.5. The highest BCUT2D eigenvalue weighted by molar-refractivity contribution is 5.77. The highest BCUT2D eigenvalue weighted by Crippen LogP contribution is 2.56. The van der Waals surface area contributed by atoms with Crippen molar-refractivity contribution in [1.29, 1.82) is 0 Å². The first-order valence-electron chi connectivity index (χ1n) is 10.8. The molecule has 4 rings (SSSR count). The van der Waals surface area contributed by atoms with Crippen LogP contribution < -0.4 is 11.5 Å². The molecule has 0 radical (unpaired) electrons. The van der Waals surface area contributed by atoms with Crippen molar-refractivity contribution in [2.75, 3.05) is 7.11 Å². The van der Waals surface area contributed by atoms with E-state index in [0.717, 1.165) is 42.4 Å². The molecule has 0 heterocycles. The van der Waals surface area contributed by atoms with Gasteiger partial charge in [0.1, 0.15) is 0 Å². The van der Waals surface area contributed by atoms with Crippen LogP contribution in [0.5, 0.6) is 0 Å². The van der Waals surface area contributed by atoms with Crippen LogP contribution in [-0.2, 0) is 9.53 Å². The molecule has 3 bridgehead atoms. The smallest absolute Gasteiger partial charge is 0.224 e. The Morgan fingerprint density at radius 1 is 1.07 bits per heavy atom. The summed E-state index contributed by atoms with van der Waals surface area (Å²) in [5.41, 5.74) is 16.0. The van der Waals surface area contributed by atoms with Crippen LogP contribution in [0.1, 0.15) is 58.8 Å². The summed E-state index contributed by atoms with van der Waals surface area (Å²) in [6.45, 7) is 3.73. The molecule has 0 spiro atoms. The fourth-order valence-corrected chi connectivity index (χ4v) is 6.56. The molecule has 28 heavy (non-hydrogen) atoms. The number of hydrogen-bond donors (Lipinski definition) is 2. The molecule has 0 aromatic heterocycles. The van der Waals surface area contributed by atoms with Crippen molar-refractivity contribution in [3.05, 3.63) is 34.8 Å². The van der Waals surface area contributed by atoms with Crippen LogP contribution in [0, 0.1) is 23.7 Å². The van der Waals surface area contributed by atoms with E-state index in [1.54, 1.807) is 6.92 Å². The average molecular weight is 386 g/mol. The van der Waals surface area contributed by atoms with Gasteiger partial charge in [-0.15, -0.1) is 0 Å².